The van der Waals surface area contributed by atoms with Gasteiger partial charge < -0.3 is 4.74 Å². The summed E-state index contributed by atoms with van der Waals surface area (Å²) in [5, 5.41) is 0. The van der Waals surface area contributed by atoms with Crippen LogP contribution in [0.3, 0.4) is 0 Å². The molecule has 0 aromatic heterocycles. The van der Waals surface area contributed by atoms with Crippen LogP contribution in [0.15, 0.2) is 0 Å². The first kappa shape index (κ1) is 9.37. The summed E-state index contributed by atoms with van der Waals surface area (Å²) in [5.41, 5.74) is 0. The lowest BCUT2D eigenvalue weighted by atomic mass is 9.76. The van der Waals surface area contributed by atoms with Crippen molar-refractivity contribution in [2.24, 2.45) is 23.7 Å². The first-order valence-electron chi connectivity index (χ1n) is 5.96. The van der Waals surface area contributed by atoms with Gasteiger partial charge in [-0.25, -0.2) is 0 Å². The highest BCUT2D eigenvalue weighted by molar-refractivity contribution is 5.88. The van der Waals surface area contributed by atoms with Gasteiger partial charge in [-0.3, -0.25) is 9.59 Å². The number of rotatable bonds is 1. The van der Waals surface area contributed by atoms with Gasteiger partial charge in [0, 0.05) is 12.8 Å². The van der Waals surface area contributed by atoms with Crippen molar-refractivity contribution in [2.75, 3.05) is 0 Å². The van der Waals surface area contributed by atoms with Crippen molar-refractivity contribution in [3.63, 3.8) is 0 Å². The van der Waals surface area contributed by atoms with Crippen LogP contribution in [0.25, 0.3) is 0 Å². The highest BCUT2D eigenvalue weighted by Gasteiger charge is 2.45. The second-order valence-corrected chi connectivity index (χ2v) is 5.35. The monoisotopic (exact) mass is 208 g/mol. The molecule has 1 saturated heterocycles. The van der Waals surface area contributed by atoms with Gasteiger partial charge in [-0.1, -0.05) is 6.42 Å². The molecule has 3 nitrogen and oxygen atoms in total. The van der Waals surface area contributed by atoms with Crippen LogP contribution < -0.4 is 0 Å². The molecule has 0 N–H and O–H groups in total. The zero-order chi connectivity index (χ0) is 10.4. The van der Waals surface area contributed by atoms with Crippen LogP contribution in [0.2, 0.25) is 0 Å². The molecule has 0 amide bonds. The van der Waals surface area contributed by atoms with E-state index in [0.29, 0.717) is 18.8 Å². The molecule has 0 radical (unpaired) electrons. The van der Waals surface area contributed by atoms with Crippen molar-refractivity contribution in [1.82, 2.24) is 0 Å². The first-order valence-corrected chi connectivity index (χ1v) is 5.96. The highest BCUT2D eigenvalue weighted by Crippen LogP contribution is 2.52. The average Bonchev–Trinajstić information content (AvgIpc) is 2.76. The number of ether oxygens (including phenoxy) is 1. The summed E-state index contributed by atoms with van der Waals surface area (Å²) in [6, 6.07) is 0. The van der Waals surface area contributed by atoms with Crippen molar-refractivity contribution in [3.05, 3.63) is 0 Å². The van der Waals surface area contributed by atoms with Gasteiger partial charge in [0.05, 0.1) is 0 Å². The lowest BCUT2D eigenvalue weighted by Crippen LogP contribution is -2.32. The summed E-state index contributed by atoms with van der Waals surface area (Å²) in [6.07, 6.45) is 6.21. The van der Waals surface area contributed by atoms with Crippen molar-refractivity contribution in [2.45, 2.75) is 38.5 Å². The Morgan fingerprint density at radius 1 is 0.933 bits per heavy atom. The predicted molar refractivity (Wildman–Crippen MR) is 52.8 cm³/mol. The normalized spacial score (nSPS) is 40.9. The Hall–Kier alpha value is -0.860. The molecule has 3 heteroatoms. The van der Waals surface area contributed by atoms with Gasteiger partial charge in [-0.2, -0.15) is 0 Å². The fourth-order valence-corrected chi connectivity index (χ4v) is 3.88. The molecule has 3 rings (SSSR count). The number of carbonyl (C=O) groups is 2. The molecule has 82 valence electrons. The van der Waals surface area contributed by atoms with Crippen LogP contribution in [-0.2, 0) is 14.3 Å². The summed E-state index contributed by atoms with van der Waals surface area (Å²) >= 11 is 0. The van der Waals surface area contributed by atoms with E-state index in [1.54, 1.807) is 0 Å². The van der Waals surface area contributed by atoms with Crippen LogP contribution >= 0.6 is 0 Å². The molecule has 3 fully saturated rings. The number of carbonyl (C=O) groups excluding carboxylic acids is 2. The molecular formula is C12H16O3. The van der Waals surface area contributed by atoms with Gasteiger partial charge in [-0.05, 0) is 42.9 Å². The summed E-state index contributed by atoms with van der Waals surface area (Å²) in [6.45, 7) is 0. The summed E-state index contributed by atoms with van der Waals surface area (Å²) in [7, 11) is 0. The van der Waals surface area contributed by atoms with Crippen LogP contribution in [0.4, 0.5) is 0 Å². The number of hydrogen-bond donors (Lipinski definition) is 0. The van der Waals surface area contributed by atoms with Gasteiger partial charge in [0.1, 0.15) is 0 Å². The Labute approximate surface area is 89.2 Å². The Bertz CT molecular complexity index is 294. The lowest BCUT2D eigenvalue weighted by Gasteiger charge is -2.31. The fraction of sp³-hybridized carbons (Fsp3) is 0.833. The minimum absolute atomic E-state index is 0.286. The van der Waals surface area contributed by atoms with Gasteiger partial charge >= 0.3 is 11.9 Å². The van der Waals surface area contributed by atoms with Crippen LogP contribution in [0.1, 0.15) is 38.5 Å². The maximum absolute atomic E-state index is 11.2. The first-order chi connectivity index (χ1) is 7.22. The third-order valence-electron chi connectivity index (χ3n) is 4.48. The van der Waals surface area contributed by atoms with E-state index < -0.39 is 0 Å². The highest BCUT2D eigenvalue weighted by atomic mass is 16.6. The quantitative estimate of drug-likeness (QED) is 0.488. The van der Waals surface area contributed by atoms with E-state index in [-0.39, 0.29) is 17.9 Å². The number of hydrogen-bond acceptors (Lipinski definition) is 3. The number of esters is 2. The van der Waals surface area contributed by atoms with Gasteiger partial charge in [0.15, 0.2) is 0 Å². The summed E-state index contributed by atoms with van der Waals surface area (Å²) in [4.78, 5) is 22.4. The molecule has 0 aromatic carbocycles. The van der Waals surface area contributed by atoms with Crippen molar-refractivity contribution in [3.8, 4) is 0 Å². The Morgan fingerprint density at radius 3 is 2.20 bits per heavy atom. The van der Waals surface area contributed by atoms with E-state index in [0.717, 1.165) is 11.8 Å². The molecule has 0 aromatic rings. The Morgan fingerprint density at radius 2 is 1.67 bits per heavy atom. The van der Waals surface area contributed by atoms with E-state index in [1.807, 2.05) is 0 Å². The van der Waals surface area contributed by atoms with Crippen molar-refractivity contribution >= 4 is 11.9 Å². The van der Waals surface area contributed by atoms with Gasteiger partial charge in [0.25, 0.3) is 0 Å². The number of cyclic esters (lactones) is 2. The van der Waals surface area contributed by atoms with E-state index in [1.165, 1.54) is 25.7 Å². The van der Waals surface area contributed by atoms with E-state index in [2.05, 4.69) is 4.74 Å². The molecule has 1 aliphatic heterocycles. The Kier molecular flexibility index (Phi) is 2.08. The molecule has 3 aliphatic rings. The SMILES string of the molecule is O=C1CC(C2CC3CCC2C3)CC(=O)O1. The summed E-state index contributed by atoms with van der Waals surface area (Å²) < 4.78 is 4.58. The molecule has 1 heterocycles. The fourth-order valence-electron chi connectivity index (χ4n) is 3.88. The third kappa shape index (κ3) is 1.58. The van der Waals surface area contributed by atoms with Gasteiger partial charge in [0.2, 0.25) is 0 Å². The van der Waals surface area contributed by atoms with Crippen molar-refractivity contribution < 1.29 is 14.3 Å². The van der Waals surface area contributed by atoms with Gasteiger partial charge in [-0.15, -0.1) is 0 Å². The molecule has 3 atom stereocenters. The maximum Gasteiger partial charge on any atom is 0.313 e. The molecule has 3 unspecified atom stereocenters. The van der Waals surface area contributed by atoms with Crippen LogP contribution in [0, 0.1) is 23.7 Å². The second-order valence-electron chi connectivity index (χ2n) is 5.35. The largest absolute Gasteiger partial charge is 0.393 e. The van der Waals surface area contributed by atoms with E-state index >= 15 is 0 Å². The van der Waals surface area contributed by atoms with Crippen LogP contribution in [0.5, 0.6) is 0 Å². The smallest absolute Gasteiger partial charge is 0.313 e. The number of fused-ring (bicyclic) bond motifs is 2. The molecule has 2 saturated carbocycles. The second kappa shape index (κ2) is 3.32. The lowest BCUT2D eigenvalue weighted by molar-refractivity contribution is -0.166. The van der Waals surface area contributed by atoms with Crippen molar-refractivity contribution in [1.29, 1.82) is 0 Å². The van der Waals surface area contributed by atoms with E-state index in [9.17, 15) is 9.59 Å². The molecule has 2 aliphatic carbocycles. The predicted octanol–water partition coefficient (Wildman–Crippen LogP) is 1.90. The zero-order valence-corrected chi connectivity index (χ0v) is 8.78. The molecule has 2 bridgehead atoms. The summed E-state index contributed by atoms with van der Waals surface area (Å²) in [5.74, 6) is 1.97. The van der Waals surface area contributed by atoms with Crippen LogP contribution in [-0.4, -0.2) is 11.9 Å². The minimum Gasteiger partial charge on any atom is -0.393 e. The topological polar surface area (TPSA) is 43.4 Å². The standard InChI is InChI=1S/C12H16O3/c13-11-5-9(6-12(14)15-11)10-4-7-1-2-8(10)3-7/h7-10H,1-6H2. The molecular weight excluding hydrogens is 192 g/mol. The third-order valence-corrected chi connectivity index (χ3v) is 4.48. The molecule has 0 spiro atoms. The zero-order valence-electron chi connectivity index (χ0n) is 8.78. The molecule has 15 heavy (non-hydrogen) atoms. The Balaban J connectivity index is 1.71. The average molecular weight is 208 g/mol. The minimum atomic E-state index is -0.306. The van der Waals surface area contributed by atoms with E-state index in [4.69, 9.17) is 0 Å². The maximum atomic E-state index is 11.2.